The first-order valence-corrected chi connectivity index (χ1v) is 8.75. The molecule has 0 N–H and O–H groups in total. The van der Waals surface area contributed by atoms with Crippen molar-refractivity contribution in [3.63, 3.8) is 0 Å². The lowest BCUT2D eigenvalue weighted by atomic mass is 9.67. The van der Waals surface area contributed by atoms with Crippen LogP contribution in [0.25, 0.3) is 0 Å². The van der Waals surface area contributed by atoms with Crippen LogP contribution in [0.15, 0.2) is 0 Å². The summed E-state index contributed by atoms with van der Waals surface area (Å²) in [6.07, 6.45) is 11.1. The highest BCUT2D eigenvalue weighted by atomic mass is 19.1. The molecule has 0 radical (unpaired) electrons. The van der Waals surface area contributed by atoms with E-state index in [4.69, 9.17) is 0 Å². The Kier molecular flexibility index (Phi) is 5.71. The predicted molar refractivity (Wildman–Crippen MR) is 80.9 cm³/mol. The van der Waals surface area contributed by atoms with Gasteiger partial charge in [0.25, 0.3) is 0 Å². The minimum absolute atomic E-state index is 0.340. The van der Waals surface area contributed by atoms with E-state index in [2.05, 4.69) is 20.8 Å². The zero-order valence-corrected chi connectivity index (χ0v) is 13.2. The van der Waals surface area contributed by atoms with Crippen LogP contribution in [-0.2, 0) is 0 Å². The quantitative estimate of drug-likeness (QED) is 0.586. The van der Waals surface area contributed by atoms with Crippen LogP contribution in [0.1, 0.15) is 78.6 Å². The van der Waals surface area contributed by atoms with Crippen molar-refractivity contribution in [3.05, 3.63) is 0 Å². The Hall–Kier alpha value is -0.0700. The summed E-state index contributed by atoms with van der Waals surface area (Å²) in [6, 6.07) is 0. The van der Waals surface area contributed by atoms with Gasteiger partial charge in [-0.05, 0) is 61.7 Å². The van der Waals surface area contributed by atoms with Gasteiger partial charge < -0.3 is 0 Å². The number of alkyl halides is 1. The van der Waals surface area contributed by atoms with Crippen LogP contribution in [0.2, 0.25) is 0 Å². The third-order valence-corrected chi connectivity index (χ3v) is 5.97. The fraction of sp³-hybridized carbons (Fsp3) is 1.00. The summed E-state index contributed by atoms with van der Waals surface area (Å²) in [5.41, 5.74) is 0. The fourth-order valence-corrected chi connectivity index (χ4v) is 4.70. The first kappa shape index (κ1) is 15.3. The fourth-order valence-electron chi connectivity index (χ4n) is 4.70. The van der Waals surface area contributed by atoms with Crippen LogP contribution in [0.5, 0.6) is 0 Å². The lowest BCUT2D eigenvalue weighted by molar-refractivity contribution is 0.0561. The highest BCUT2D eigenvalue weighted by Gasteiger charge is 2.36. The highest BCUT2D eigenvalue weighted by Crippen LogP contribution is 2.44. The zero-order valence-electron chi connectivity index (χ0n) is 13.2. The van der Waals surface area contributed by atoms with Gasteiger partial charge in [-0.15, -0.1) is 0 Å². The smallest absolute Gasteiger partial charge is 0.103 e. The summed E-state index contributed by atoms with van der Waals surface area (Å²) in [5.74, 6) is 3.39. The maximum Gasteiger partial charge on any atom is 0.103 e. The van der Waals surface area contributed by atoms with Gasteiger partial charge >= 0.3 is 0 Å². The highest BCUT2D eigenvalue weighted by molar-refractivity contribution is 4.86. The molecule has 0 saturated heterocycles. The van der Waals surface area contributed by atoms with Crippen molar-refractivity contribution in [2.75, 3.05) is 0 Å². The molecule has 2 aliphatic rings. The molecule has 2 aliphatic carbocycles. The molecule has 0 nitrogen and oxygen atoms in total. The van der Waals surface area contributed by atoms with Gasteiger partial charge in [0.1, 0.15) is 6.17 Å². The van der Waals surface area contributed by atoms with E-state index in [0.29, 0.717) is 17.8 Å². The molecular weight excluding hydrogens is 235 g/mol. The monoisotopic (exact) mass is 268 g/mol. The van der Waals surface area contributed by atoms with Crippen molar-refractivity contribution in [2.45, 2.75) is 84.7 Å². The van der Waals surface area contributed by atoms with E-state index in [1.54, 1.807) is 0 Å². The van der Waals surface area contributed by atoms with E-state index in [1.807, 2.05) is 0 Å². The molecule has 2 rings (SSSR count). The summed E-state index contributed by atoms with van der Waals surface area (Å²) in [6.45, 7) is 6.67. The maximum atomic E-state index is 14.3. The first-order chi connectivity index (χ1) is 9.11. The summed E-state index contributed by atoms with van der Waals surface area (Å²) < 4.78 is 14.3. The Balaban J connectivity index is 1.78. The Labute approximate surface area is 119 Å². The summed E-state index contributed by atoms with van der Waals surface area (Å²) in [4.78, 5) is 0. The van der Waals surface area contributed by atoms with Gasteiger partial charge in [0, 0.05) is 0 Å². The molecule has 112 valence electrons. The van der Waals surface area contributed by atoms with Crippen LogP contribution < -0.4 is 0 Å². The minimum Gasteiger partial charge on any atom is -0.247 e. The molecule has 3 atom stereocenters. The molecule has 0 aromatic carbocycles. The molecule has 0 bridgehead atoms. The van der Waals surface area contributed by atoms with Crippen LogP contribution in [-0.4, -0.2) is 6.17 Å². The van der Waals surface area contributed by atoms with Gasteiger partial charge in [-0.25, -0.2) is 4.39 Å². The van der Waals surface area contributed by atoms with E-state index in [-0.39, 0.29) is 0 Å². The van der Waals surface area contributed by atoms with E-state index in [0.717, 1.165) is 24.7 Å². The van der Waals surface area contributed by atoms with Gasteiger partial charge in [-0.1, -0.05) is 46.5 Å². The molecule has 0 spiro atoms. The molecule has 2 fully saturated rings. The van der Waals surface area contributed by atoms with Gasteiger partial charge in [0.05, 0.1) is 0 Å². The lowest BCUT2D eigenvalue weighted by Crippen LogP contribution is -2.34. The first-order valence-electron chi connectivity index (χ1n) is 8.75. The van der Waals surface area contributed by atoms with Gasteiger partial charge in [0.2, 0.25) is 0 Å². The maximum absolute atomic E-state index is 14.3. The predicted octanol–water partition coefficient (Wildman–Crippen LogP) is 6.00. The van der Waals surface area contributed by atoms with Gasteiger partial charge in [-0.2, -0.15) is 0 Å². The lowest BCUT2D eigenvalue weighted by Gasteiger charge is -2.40. The van der Waals surface area contributed by atoms with E-state index in [1.165, 1.54) is 44.9 Å². The number of halogens is 1. The van der Waals surface area contributed by atoms with Crippen molar-refractivity contribution in [2.24, 2.45) is 29.6 Å². The molecule has 19 heavy (non-hydrogen) atoms. The molecule has 0 amide bonds. The zero-order chi connectivity index (χ0) is 13.8. The SMILES string of the molecule is CCCC1CCC(C2CCC(C(C)C)C(F)C2)CC1. The molecule has 2 saturated carbocycles. The number of hydrogen-bond donors (Lipinski definition) is 0. The second-order valence-corrected chi connectivity index (χ2v) is 7.57. The molecule has 1 heteroatoms. The van der Waals surface area contributed by atoms with Crippen molar-refractivity contribution >= 4 is 0 Å². The average Bonchev–Trinajstić information content (AvgIpc) is 2.39. The van der Waals surface area contributed by atoms with Gasteiger partial charge in [0.15, 0.2) is 0 Å². The van der Waals surface area contributed by atoms with E-state index in [9.17, 15) is 4.39 Å². The van der Waals surface area contributed by atoms with Crippen LogP contribution >= 0.6 is 0 Å². The largest absolute Gasteiger partial charge is 0.247 e. The normalized spacial score (nSPS) is 40.6. The van der Waals surface area contributed by atoms with Crippen LogP contribution in [0, 0.1) is 29.6 Å². The summed E-state index contributed by atoms with van der Waals surface area (Å²) in [7, 11) is 0. The molecule has 3 unspecified atom stereocenters. The van der Waals surface area contributed by atoms with Gasteiger partial charge in [-0.3, -0.25) is 0 Å². The van der Waals surface area contributed by atoms with E-state index < -0.39 is 6.17 Å². The van der Waals surface area contributed by atoms with Crippen molar-refractivity contribution in [1.82, 2.24) is 0 Å². The molecular formula is C18H33F. The summed E-state index contributed by atoms with van der Waals surface area (Å²) in [5, 5.41) is 0. The molecule has 0 heterocycles. The average molecular weight is 268 g/mol. The second-order valence-electron chi connectivity index (χ2n) is 7.57. The third kappa shape index (κ3) is 3.95. The Morgan fingerprint density at radius 1 is 0.947 bits per heavy atom. The third-order valence-electron chi connectivity index (χ3n) is 5.97. The minimum atomic E-state index is -0.521. The number of rotatable bonds is 4. The van der Waals surface area contributed by atoms with Crippen molar-refractivity contribution < 1.29 is 4.39 Å². The van der Waals surface area contributed by atoms with E-state index >= 15 is 0 Å². The number of hydrogen-bond acceptors (Lipinski definition) is 0. The van der Waals surface area contributed by atoms with Crippen LogP contribution in [0.3, 0.4) is 0 Å². The Bertz CT molecular complexity index is 252. The summed E-state index contributed by atoms with van der Waals surface area (Å²) >= 11 is 0. The molecule has 0 aliphatic heterocycles. The van der Waals surface area contributed by atoms with Crippen molar-refractivity contribution in [3.8, 4) is 0 Å². The van der Waals surface area contributed by atoms with Crippen LogP contribution in [0.4, 0.5) is 4.39 Å². The molecule has 0 aromatic heterocycles. The second kappa shape index (κ2) is 7.09. The van der Waals surface area contributed by atoms with Crippen molar-refractivity contribution in [1.29, 1.82) is 0 Å². The standard InChI is InChI=1S/C18H33F/c1-4-5-14-6-8-15(9-7-14)16-10-11-17(13(2)3)18(19)12-16/h13-18H,4-12H2,1-3H3. The Morgan fingerprint density at radius 3 is 2.11 bits per heavy atom. The topological polar surface area (TPSA) is 0 Å². The molecule has 0 aromatic rings. The Morgan fingerprint density at radius 2 is 1.58 bits per heavy atom.